The van der Waals surface area contributed by atoms with Crippen molar-refractivity contribution in [1.82, 2.24) is 0 Å². The molecule has 1 aliphatic heterocycles. The number of sulfone groups is 1. The molecule has 0 aliphatic carbocycles. The third-order valence-electron chi connectivity index (χ3n) is 2.98. The normalized spacial score (nSPS) is 19.4. The average molecular weight is 313 g/mol. The molecule has 1 saturated heterocycles. The van der Waals surface area contributed by atoms with Gasteiger partial charge in [0.1, 0.15) is 0 Å². The van der Waals surface area contributed by atoms with Gasteiger partial charge in [0.15, 0.2) is 15.0 Å². The number of nitrogens with zero attached hydrogens (tertiary/aromatic N) is 1. The van der Waals surface area contributed by atoms with E-state index in [4.69, 9.17) is 0 Å². The quantitative estimate of drug-likeness (QED) is 0.845. The van der Waals surface area contributed by atoms with Gasteiger partial charge < -0.3 is 4.90 Å². The summed E-state index contributed by atoms with van der Waals surface area (Å²) in [5.74, 6) is -0.0885. The minimum absolute atomic E-state index is 0.0189. The number of amides is 1. The van der Waals surface area contributed by atoms with Crippen molar-refractivity contribution in [2.24, 2.45) is 0 Å². The number of anilines is 1. The molecule has 1 fully saturated rings. The van der Waals surface area contributed by atoms with Crippen LogP contribution in [0.1, 0.15) is 13.3 Å². The highest BCUT2D eigenvalue weighted by atomic mass is 32.2. The van der Waals surface area contributed by atoms with E-state index in [1.807, 2.05) is 0 Å². The van der Waals surface area contributed by atoms with E-state index in [1.165, 1.54) is 24.0 Å². The van der Waals surface area contributed by atoms with Crippen LogP contribution in [0, 0.1) is 0 Å². The maximum absolute atomic E-state index is 12.0. The van der Waals surface area contributed by atoms with Crippen LogP contribution >= 0.6 is 11.8 Å². The van der Waals surface area contributed by atoms with Gasteiger partial charge in [-0.15, -0.1) is 0 Å². The predicted molar refractivity (Wildman–Crippen MR) is 78.6 cm³/mol. The zero-order valence-corrected chi connectivity index (χ0v) is 12.8. The maximum atomic E-state index is 12.0. The summed E-state index contributed by atoms with van der Waals surface area (Å²) in [6.45, 7) is 1.90. The molecule has 1 aromatic rings. The van der Waals surface area contributed by atoms with Gasteiger partial charge in [-0.3, -0.25) is 9.59 Å². The van der Waals surface area contributed by atoms with Gasteiger partial charge in [-0.1, -0.05) is 17.8 Å². The lowest BCUT2D eigenvalue weighted by atomic mass is 10.3. The standard InChI is InChI=1S/C13H15NO4S2/c1-9(15)19-11-7-13(16)14(8-11)10-4-3-5-12(6-10)20(2,17)18/h3-6,11H,7-8H2,1-2H3. The van der Waals surface area contributed by atoms with Crippen LogP contribution in [0.5, 0.6) is 0 Å². The van der Waals surface area contributed by atoms with Gasteiger partial charge >= 0.3 is 0 Å². The fourth-order valence-corrected chi connectivity index (χ4v) is 3.70. The Hall–Kier alpha value is -1.34. The van der Waals surface area contributed by atoms with Crippen LogP contribution in [0.25, 0.3) is 0 Å². The first-order valence-electron chi connectivity index (χ1n) is 6.05. The minimum atomic E-state index is -3.30. The number of hydrogen-bond acceptors (Lipinski definition) is 5. The molecule has 1 unspecified atom stereocenters. The summed E-state index contributed by atoms with van der Waals surface area (Å²) in [6, 6.07) is 6.31. The number of benzene rings is 1. The molecule has 0 radical (unpaired) electrons. The van der Waals surface area contributed by atoms with Gasteiger partial charge in [0, 0.05) is 37.1 Å². The summed E-state index contributed by atoms with van der Waals surface area (Å²) in [7, 11) is -3.30. The Labute approximate surface area is 122 Å². The largest absolute Gasteiger partial charge is 0.311 e. The molecule has 0 saturated carbocycles. The van der Waals surface area contributed by atoms with Gasteiger partial charge in [-0.2, -0.15) is 0 Å². The van der Waals surface area contributed by atoms with E-state index in [1.54, 1.807) is 12.1 Å². The fourth-order valence-electron chi connectivity index (χ4n) is 2.12. The number of carbonyl (C=O) groups is 2. The highest BCUT2D eigenvalue weighted by Gasteiger charge is 2.32. The third kappa shape index (κ3) is 3.40. The smallest absolute Gasteiger partial charge is 0.228 e. The Morgan fingerprint density at radius 2 is 2.10 bits per heavy atom. The summed E-state index contributed by atoms with van der Waals surface area (Å²) < 4.78 is 23.1. The van der Waals surface area contributed by atoms with Crippen molar-refractivity contribution in [1.29, 1.82) is 0 Å². The van der Waals surface area contributed by atoms with E-state index in [-0.39, 0.29) is 21.2 Å². The number of hydrogen-bond donors (Lipinski definition) is 0. The highest BCUT2D eigenvalue weighted by Crippen LogP contribution is 2.29. The zero-order valence-electron chi connectivity index (χ0n) is 11.2. The van der Waals surface area contributed by atoms with Gasteiger partial charge in [-0.05, 0) is 18.2 Å². The van der Waals surface area contributed by atoms with E-state index in [0.717, 1.165) is 18.0 Å². The molecule has 1 heterocycles. The minimum Gasteiger partial charge on any atom is -0.311 e. The summed E-state index contributed by atoms with van der Waals surface area (Å²) in [6.07, 6.45) is 1.43. The van der Waals surface area contributed by atoms with Crippen molar-refractivity contribution >= 4 is 38.3 Å². The lowest BCUT2D eigenvalue weighted by Crippen LogP contribution is -2.25. The first-order valence-corrected chi connectivity index (χ1v) is 8.82. The molecule has 2 rings (SSSR count). The van der Waals surface area contributed by atoms with Gasteiger partial charge in [0.25, 0.3) is 0 Å². The molecule has 5 nitrogen and oxygen atoms in total. The van der Waals surface area contributed by atoms with Gasteiger partial charge in [0.2, 0.25) is 5.91 Å². The second-order valence-corrected chi connectivity index (χ2v) is 8.20. The van der Waals surface area contributed by atoms with Crippen LogP contribution in [0.2, 0.25) is 0 Å². The molecule has 0 spiro atoms. The summed E-state index contributed by atoms with van der Waals surface area (Å²) in [4.78, 5) is 24.8. The van der Waals surface area contributed by atoms with Crippen molar-refractivity contribution in [2.75, 3.05) is 17.7 Å². The monoisotopic (exact) mass is 313 g/mol. The first-order chi connectivity index (χ1) is 9.27. The fraction of sp³-hybridized carbons (Fsp3) is 0.385. The van der Waals surface area contributed by atoms with E-state index >= 15 is 0 Å². The molecule has 7 heteroatoms. The van der Waals surface area contributed by atoms with Gasteiger partial charge in [0.05, 0.1) is 4.90 Å². The third-order valence-corrected chi connectivity index (χ3v) is 5.07. The molecule has 0 N–H and O–H groups in total. The summed E-state index contributed by atoms with van der Waals surface area (Å²) in [5, 5.41) is -0.0866. The first kappa shape index (κ1) is 15.1. The van der Waals surface area contributed by atoms with Crippen LogP contribution in [0.15, 0.2) is 29.2 Å². The maximum Gasteiger partial charge on any atom is 0.228 e. The second kappa shape index (κ2) is 5.57. The molecule has 108 valence electrons. The molecular formula is C13H15NO4S2. The highest BCUT2D eigenvalue weighted by molar-refractivity contribution is 8.14. The zero-order chi connectivity index (χ0) is 14.9. The van der Waals surface area contributed by atoms with E-state index in [2.05, 4.69) is 0 Å². The van der Waals surface area contributed by atoms with E-state index in [9.17, 15) is 18.0 Å². The molecular weight excluding hydrogens is 298 g/mol. The van der Waals surface area contributed by atoms with Crippen molar-refractivity contribution in [3.63, 3.8) is 0 Å². The van der Waals surface area contributed by atoms with Gasteiger partial charge in [-0.25, -0.2) is 8.42 Å². The summed E-state index contributed by atoms with van der Waals surface area (Å²) in [5.41, 5.74) is 0.560. The van der Waals surface area contributed by atoms with Crippen molar-refractivity contribution in [3.8, 4) is 0 Å². The number of thioether (sulfide) groups is 1. The number of rotatable bonds is 3. The van der Waals surface area contributed by atoms with Crippen LogP contribution in [0.4, 0.5) is 5.69 Å². The lowest BCUT2D eigenvalue weighted by molar-refractivity contribution is -0.117. The SMILES string of the molecule is CC(=O)SC1CC(=O)N(c2cccc(S(C)(=O)=O)c2)C1. The molecule has 0 bridgehead atoms. The topological polar surface area (TPSA) is 71.5 Å². The van der Waals surface area contributed by atoms with Crippen LogP contribution < -0.4 is 4.90 Å². The Morgan fingerprint density at radius 1 is 1.40 bits per heavy atom. The van der Waals surface area contributed by atoms with Crippen LogP contribution in [-0.4, -0.2) is 37.5 Å². The van der Waals surface area contributed by atoms with E-state index < -0.39 is 9.84 Å². The molecule has 1 atom stereocenters. The predicted octanol–water partition coefficient (Wildman–Crippen LogP) is 1.48. The van der Waals surface area contributed by atoms with Crippen molar-refractivity contribution in [3.05, 3.63) is 24.3 Å². The van der Waals surface area contributed by atoms with Crippen molar-refractivity contribution < 1.29 is 18.0 Å². The summed E-state index contributed by atoms with van der Waals surface area (Å²) >= 11 is 1.15. The Balaban J connectivity index is 2.24. The Bertz CT molecular complexity index is 654. The molecule has 1 aromatic carbocycles. The Kier molecular flexibility index (Phi) is 4.19. The molecule has 0 aromatic heterocycles. The number of carbonyl (C=O) groups excluding carboxylic acids is 2. The van der Waals surface area contributed by atoms with E-state index in [0.29, 0.717) is 18.7 Å². The van der Waals surface area contributed by atoms with Crippen molar-refractivity contribution in [2.45, 2.75) is 23.5 Å². The van der Waals surface area contributed by atoms with Crippen LogP contribution in [0.3, 0.4) is 0 Å². The molecule has 1 amide bonds. The molecule has 1 aliphatic rings. The lowest BCUT2D eigenvalue weighted by Gasteiger charge is -2.17. The van der Waals surface area contributed by atoms with Crippen LogP contribution in [-0.2, 0) is 19.4 Å². The second-order valence-electron chi connectivity index (χ2n) is 4.71. The average Bonchev–Trinajstić information content (AvgIpc) is 2.68. The Morgan fingerprint density at radius 3 is 2.70 bits per heavy atom. The molecule has 20 heavy (non-hydrogen) atoms.